The molecule has 0 saturated carbocycles. The zero-order valence-electron chi connectivity index (χ0n) is 30.7. The highest BCUT2D eigenvalue weighted by molar-refractivity contribution is 6.01. The van der Waals surface area contributed by atoms with E-state index < -0.39 is 70.5 Å². The van der Waals surface area contributed by atoms with Gasteiger partial charge in [0.25, 0.3) is 11.5 Å². The number of hydrogen-bond donors (Lipinski definition) is 0. The first-order valence-electron chi connectivity index (χ1n) is 17.1. The molecule has 0 spiro atoms. The van der Waals surface area contributed by atoms with Crippen LogP contribution >= 0.6 is 0 Å². The number of rotatable bonds is 9. The number of alkyl halides is 9. The molecule has 3 aromatic rings. The van der Waals surface area contributed by atoms with Crippen molar-refractivity contribution in [1.29, 1.82) is 0 Å². The van der Waals surface area contributed by atoms with Gasteiger partial charge in [0, 0.05) is 37.5 Å². The first-order valence-corrected chi connectivity index (χ1v) is 17.1. The topological polar surface area (TPSA) is 68.3 Å². The normalized spacial score (nSPS) is 20.3. The maximum atomic E-state index is 14.8. The van der Waals surface area contributed by atoms with Gasteiger partial charge in [0.15, 0.2) is 0 Å². The Kier molecular flexibility index (Phi) is 11.1. The molecule has 1 fully saturated rings. The van der Waals surface area contributed by atoms with Crippen LogP contribution in [0.4, 0.5) is 50.0 Å². The Morgan fingerprint density at radius 2 is 1.49 bits per heavy atom. The van der Waals surface area contributed by atoms with Gasteiger partial charge in [-0.3, -0.25) is 9.69 Å². The Morgan fingerprint density at radius 3 is 2.02 bits per heavy atom. The van der Waals surface area contributed by atoms with Gasteiger partial charge in [0.1, 0.15) is 11.9 Å². The van der Waals surface area contributed by atoms with E-state index in [4.69, 9.17) is 14.2 Å². The first-order chi connectivity index (χ1) is 25.4. The minimum Gasteiger partial charge on any atom is -0.496 e. The van der Waals surface area contributed by atoms with Gasteiger partial charge in [-0.2, -0.15) is 39.5 Å². The molecular weight excluding hydrogens is 747 g/mol. The number of hydrogen-bond acceptors (Lipinski definition) is 5. The van der Waals surface area contributed by atoms with Crippen molar-refractivity contribution in [3.05, 3.63) is 100 Å². The molecule has 3 aromatic carbocycles. The Balaban J connectivity index is 1.56. The van der Waals surface area contributed by atoms with Crippen LogP contribution in [-0.4, -0.2) is 56.9 Å². The van der Waals surface area contributed by atoms with Crippen LogP contribution < -0.4 is 9.64 Å². The minimum absolute atomic E-state index is 0.00352. The molecule has 5 rings (SSSR count). The van der Waals surface area contributed by atoms with Gasteiger partial charge < -0.3 is 19.1 Å². The molecule has 1 heterocycles. The smallest absolute Gasteiger partial charge is 0.430 e. The van der Waals surface area contributed by atoms with Crippen LogP contribution in [-0.2, 0) is 32.2 Å². The minimum atomic E-state index is -5.17. The third-order valence-electron chi connectivity index (χ3n) is 10.2. The number of amides is 2. The van der Waals surface area contributed by atoms with Gasteiger partial charge in [-0.15, -0.1) is 0 Å². The molecule has 2 aliphatic rings. The van der Waals surface area contributed by atoms with Crippen molar-refractivity contribution in [1.82, 2.24) is 4.90 Å². The molecule has 1 saturated heterocycles. The standard InChI is InChI=1S/C39H39F9N2O5/c1-22-32(23-16-26(37(40,41)42)18-27(17-23)38(43,44)45)55-34(52)50(22)21-24-20-35(2,3)15-14-29(24)30-19-28(12-13-31(30)53-5)49(4)33(51)36(54-6,39(46,47)48)25-10-8-7-9-11-25/h7-13,16-19,22,32H,14-15,20-21H2,1-6H3/t22-,32-,36+/m0/s1. The van der Waals surface area contributed by atoms with E-state index in [0.29, 0.717) is 53.9 Å². The molecule has 16 heteroatoms. The van der Waals surface area contributed by atoms with Gasteiger partial charge in [-0.25, -0.2) is 4.79 Å². The number of anilines is 1. The van der Waals surface area contributed by atoms with Gasteiger partial charge in [-0.05, 0) is 84.7 Å². The average Bonchev–Trinajstić information content (AvgIpc) is 3.38. The lowest BCUT2D eigenvalue weighted by Gasteiger charge is -2.37. The predicted octanol–water partition coefficient (Wildman–Crippen LogP) is 10.3. The summed E-state index contributed by atoms with van der Waals surface area (Å²) in [7, 11) is 3.35. The van der Waals surface area contributed by atoms with Crippen LogP contribution in [0.15, 0.2) is 72.3 Å². The van der Waals surface area contributed by atoms with Gasteiger partial charge >= 0.3 is 24.6 Å². The average molecular weight is 787 g/mol. The first kappa shape index (κ1) is 41.4. The second-order valence-corrected chi connectivity index (χ2v) is 14.4. The molecule has 0 unspecified atom stereocenters. The second kappa shape index (κ2) is 14.7. The number of halogens is 9. The van der Waals surface area contributed by atoms with Crippen molar-refractivity contribution in [2.75, 3.05) is 32.7 Å². The summed E-state index contributed by atoms with van der Waals surface area (Å²) in [6.45, 7) is 5.27. The van der Waals surface area contributed by atoms with Crippen molar-refractivity contribution in [3.8, 4) is 5.75 Å². The summed E-state index contributed by atoms with van der Waals surface area (Å²) >= 11 is 0. The zero-order chi connectivity index (χ0) is 40.9. The van der Waals surface area contributed by atoms with Crippen molar-refractivity contribution in [3.63, 3.8) is 0 Å². The Labute approximate surface area is 311 Å². The SMILES string of the molecule is COc1ccc(N(C)C(=O)[C@](OC)(c2ccccc2)C(F)(F)F)cc1C1=C(CN2C(=O)O[C@H](c3cc(C(F)(F)F)cc(C(F)(F)F)c3)[C@@H]2C)CC(C)(C)CC1. The molecule has 1 aliphatic heterocycles. The van der Waals surface area contributed by atoms with Gasteiger partial charge in [-0.1, -0.05) is 44.2 Å². The molecule has 55 heavy (non-hydrogen) atoms. The van der Waals surface area contributed by atoms with Crippen molar-refractivity contribution in [2.24, 2.45) is 5.41 Å². The van der Waals surface area contributed by atoms with E-state index in [2.05, 4.69) is 0 Å². The monoisotopic (exact) mass is 786 g/mol. The number of nitrogens with zero attached hydrogens (tertiary/aromatic N) is 2. The van der Waals surface area contributed by atoms with E-state index in [-0.39, 0.29) is 23.7 Å². The van der Waals surface area contributed by atoms with E-state index in [1.165, 1.54) is 62.4 Å². The summed E-state index contributed by atoms with van der Waals surface area (Å²) < 4.78 is 142. The fourth-order valence-electron chi connectivity index (χ4n) is 7.29. The lowest BCUT2D eigenvalue weighted by Crippen LogP contribution is -2.56. The number of likely N-dealkylation sites (N-methyl/N-ethyl adjacent to an activating group) is 1. The number of carbonyl (C=O) groups excluding carboxylic acids is 2. The Hall–Kier alpha value is -4.73. The highest BCUT2D eigenvalue weighted by Crippen LogP contribution is 2.48. The van der Waals surface area contributed by atoms with Gasteiger partial charge in [0.2, 0.25) is 0 Å². The third-order valence-corrected chi connectivity index (χ3v) is 10.2. The number of cyclic esters (lactones) is 1. The molecule has 1 aliphatic carbocycles. The highest BCUT2D eigenvalue weighted by atomic mass is 19.4. The van der Waals surface area contributed by atoms with E-state index in [0.717, 1.165) is 24.1 Å². The zero-order valence-corrected chi connectivity index (χ0v) is 30.7. The molecule has 2 amide bonds. The summed E-state index contributed by atoms with van der Waals surface area (Å²) in [6, 6.07) is 10.9. The van der Waals surface area contributed by atoms with Crippen molar-refractivity contribution < 1.29 is 63.3 Å². The molecule has 3 atom stereocenters. The summed E-state index contributed by atoms with van der Waals surface area (Å²) in [6.07, 6.45) is -16.4. The van der Waals surface area contributed by atoms with Crippen molar-refractivity contribution in [2.45, 2.75) is 76.3 Å². The van der Waals surface area contributed by atoms with E-state index in [1.807, 2.05) is 13.8 Å². The molecule has 0 aromatic heterocycles. The number of carbonyl (C=O) groups is 2. The van der Waals surface area contributed by atoms with E-state index in [9.17, 15) is 49.1 Å². The number of allylic oxidation sites excluding steroid dienone is 1. The molecule has 0 bridgehead atoms. The van der Waals surface area contributed by atoms with Crippen LogP contribution in [0.2, 0.25) is 0 Å². The van der Waals surface area contributed by atoms with Crippen LogP contribution in [0.1, 0.15) is 74.0 Å². The fourth-order valence-corrected chi connectivity index (χ4v) is 7.29. The summed E-state index contributed by atoms with van der Waals surface area (Å²) in [4.78, 5) is 29.3. The van der Waals surface area contributed by atoms with Crippen LogP contribution in [0.3, 0.4) is 0 Å². The molecule has 298 valence electrons. The molecule has 0 N–H and O–H groups in total. The molecule has 7 nitrogen and oxygen atoms in total. The number of methoxy groups -OCH3 is 2. The lowest BCUT2D eigenvalue weighted by atomic mass is 9.72. The molecule has 0 radical (unpaired) electrons. The Bertz CT molecular complexity index is 1930. The maximum absolute atomic E-state index is 14.8. The quantitative estimate of drug-likeness (QED) is 0.202. The van der Waals surface area contributed by atoms with Crippen molar-refractivity contribution >= 4 is 23.3 Å². The largest absolute Gasteiger partial charge is 0.496 e. The van der Waals surface area contributed by atoms with Crippen LogP contribution in [0, 0.1) is 5.41 Å². The summed E-state index contributed by atoms with van der Waals surface area (Å²) in [5.41, 5.74) is -5.94. The second-order valence-electron chi connectivity index (χ2n) is 14.4. The summed E-state index contributed by atoms with van der Waals surface area (Å²) in [5, 5.41) is 0. The van der Waals surface area contributed by atoms with Crippen LogP contribution in [0.25, 0.3) is 5.57 Å². The number of benzene rings is 3. The number of ether oxygens (including phenoxy) is 3. The van der Waals surface area contributed by atoms with Crippen LogP contribution in [0.5, 0.6) is 5.75 Å². The van der Waals surface area contributed by atoms with E-state index in [1.54, 1.807) is 0 Å². The summed E-state index contributed by atoms with van der Waals surface area (Å²) in [5.74, 6) is -1.13. The molecular formula is C39H39F9N2O5. The third kappa shape index (κ3) is 8.01. The fraction of sp³-hybridized carbons (Fsp3) is 0.436. The predicted molar refractivity (Wildman–Crippen MR) is 184 cm³/mol. The maximum Gasteiger partial charge on any atom is 0.430 e. The van der Waals surface area contributed by atoms with Gasteiger partial charge in [0.05, 0.1) is 24.3 Å². The highest BCUT2D eigenvalue weighted by Gasteiger charge is 2.63. The van der Waals surface area contributed by atoms with E-state index >= 15 is 0 Å². The lowest BCUT2D eigenvalue weighted by molar-refractivity contribution is -0.264. The Morgan fingerprint density at radius 1 is 0.891 bits per heavy atom.